The van der Waals surface area contributed by atoms with Gasteiger partial charge in [-0.1, -0.05) is 45.8 Å². The highest BCUT2D eigenvalue weighted by atomic mass is 14.2. The van der Waals surface area contributed by atoms with Crippen molar-refractivity contribution in [2.45, 2.75) is 60.3 Å². The molecule has 0 aliphatic heterocycles. The second-order valence-electron chi connectivity index (χ2n) is 4.47. The lowest BCUT2D eigenvalue weighted by Crippen LogP contribution is -2.05. The minimum absolute atomic E-state index is 0.830. The maximum Gasteiger partial charge on any atom is -0.0204 e. The minimum atomic E-state index is 0.830. The standard InChI is InChI=1S/C13H26/c1-6-8-12(5)13(9-7-2)10-11(3)4/h8,11,13H,6-7,9-10H2,1-5H3. The fraction of sp³-hybridized carbons (Fsp3) is 0.846. The number of hydrogen-bond acceptors (Lipinski definition) is 0. The van der Waals surface area contributed by atoms with Gasteiger partial charge in [0.15, 0.2) is 0 Å². The molecule has 0 bridgehead atoms. The molecule has 0 aliphatic carbocycles. The van der Waals surface area contributed by atoms with Crippen LogP contribution in [-0.4, -0.2) is 0 Å². The van der Waals surface area contributed by atoms with Crippen molar-refractivity contribution in [3.8, 4) is 0 Å². The van der Waals surface area contributed by atoms with E-state index in [4.69, 9.17) is 0 Å². The summed E-state index contributed by atoms with van der Waals surface area (Å²) >= 11 is 0. The van der Waals surface area contributed by atoms with Crippen LogP contribution >= 0.6 is 0 Å². The van der Waals surface area contributed by atoms with Gasteiger partial charge in [-0.2, -0.15) is 0 Å². The van der Waals surface area contributed by atoms with E-state index in [0.29, 0.717) is 0 Å². The molecule has 0 aromatic carbocycles. The van der Waals surface area contributed by atoms with Crippen LogP contribution in [0.5, 0.6) is 0 Å². The zero-order valence-electron chi connectivity index (χ0n) is 10.1. The van der Waals surface area contributed by atoms with Gasteiger partial charge in [-0.15, -0.1) is 0 Å². The lowest BCUT2D eigenvalue weighted by Gasteiger charge is -2.19. The van der Waals surface area contributed by atoms with E-state index >= 15 is 0 Å². The van der Waals surface area contributed by atoms with Gasteiger partial charge in [-0.25, -0.2) is 0 Å². The predicted molar refractivity (Wildman–Crippen MR) is 61.9 cm³/mol. The largest absolute Gasteiger partial charge is 0.0856 e. The Hall–Kier alpha value is -0.260. The molecule has 0 saturated heterocycles. The van der Waals surface area contributed by atoms with Crippen LogP contribution in [0, 0.1) is 11.8 Å². The van der Waals surface area contributed by atoms with Gasteiger partial charge in [0.25, 0.3) is 0 Å². The van der Waals surface area contributed by atoms with Crippen molar-refractivity contribution in [1.29, 1.82) is 0 Å². The van der Waals surface area contributed by atoms with Crippen molar-refractivity contribution in [3.63, 3.8) is 0 Å². The summed E-state index contributed by atoms with van der Waals surface area (Å²) in [6.07, 6.45) is 7.61. The SMILES string of the molecule is CCC=C(C)C(CCC)CC(C)C. The monoisotopic (exact) mass is 182 g/mol. The van der Waals surface area contributed by atoms with Crippen LogP contribution in [0.4, 0.5) is 0 Å². The molecule has 0 amide bonds. The molecular formula is C13H26. The molecule has 13 heavy (non-hydrogen) atoms. The number of rotatable bonds is 6. The molecule has 0 nitrogen and oxygen atoms in total. The summed E-state index contributed by atoms with van der Waals surface area (Å²) in [5, 5.41) is 0. The number of hydrogen-bond donors (Lipinski definition) is 0. The summed E-state index contributed by atoms with van der Waals surface area (Å²) in [4.78, 5) is 0. The normalized spacial score (nSPS) is 15.1. The number of allylic oxidation sites excluding steroid dienone is 2. The average molecular weight is 182 g/mol. The van der Waals surface area contributed by atoms with Gasteiger partial charge in [-0.3, -0.25) is 0 Å². The molecule has 0 saturated carbocycles. The smallest absolute Gasteiger partial charge is 0.0204 e. The highest BCUT2D eigenvalue weighted by Gasteiger charge is 2.10. The molecule has 0 fully saturated rings. The first kappa shape index (κ1) is 12.7. The molecule has 78 valence electrons. The molecule has 0 rings (SSSR count). The topological polar surface area (TPSA) is 0 Å². The van der Waals surface area contributed by atoms with E-state index < -0.39 is 0 Å². The van der Waals surface area contributed by atoms with Crippen LogP contribution in [0.1, 0.15) is 60.3 Å². The van der Waals surface area contributed by atoms with Crippen LogP contribution in [0.15, 0.2) is 11.6 Å². The van der Waals surface area contributed by atoms with Gasteiger partial charge in [0.05, 0.1) is 0 Å². The van der Waals surface area contributed by atoms with E-state index in [1.165, 1.54) is 25.7 Å². The fourth-order valence-corrected chi connectivity index (χ4v) is 1.94. The van der Waals surface area contributed by atoms with Crippen LogP contribution in [0.3, 0.4) is 0 Å². The summed E-state index contributed by atoms with van der Waals surface area (Å²) in [5.41, 5.74) is 1.61. The second-order valence-corrected chi connectivity index (χ2v) is 4.47. The molecule has 0 spiro atoms. The minimum Gasteiger partial charge on any atom is -0.0856 e. The summed E-state index contributed by atoms with van der Waals surface area (Å²) in [5.74, 6) is 1.67. The van der Waals surface area contributed by atoms with Crippen LogP contribution in [0.2, 0.25) is 0 Å². The first-order chi connectivity index (χ1) is 6.11. The van der Waals surface area contributed by atoms with Crippen molar-refractivity contribution in [1.82, 2.24) is 0 Å². The molecule has 1 atom stereocenters. The molecule has 0 N–H and O–H groups in total. The Balaban J connectivity index is 4.14. The van der Waals surface area contributed by atoms with E-state index in [-0.39, 0.29) is 0 Å². The summed E-state index contributed by atoms with van der Waals surface area (Å²) in [7, 11) is 0. The highest BCUT2D eigenvalue weighted by molar-refractivity contribution is 5.03. The predicted octanol–water partition coefficient (Wildman–Crippen LogP) is 4.81. The molecular weight excluding hydrogens is 156 g/mol. The Morgan fingerprint density at radius 1 is 1.23 bits per heavy atom. The van der Waals surface area contributed by atoms with Gasteiger partial charge in [0.1, 0.15) is 0 Å². The third-order valence-corrected chi connectivity index (χ3v) is 2.56. The lowest BCUT2D eigenvalue weighted by atomic mass is 9.87. The average Bonchev–Trinajstić information content (AvgIpc) is 2.03. The third kappa shape index (κ3) is 5.90. The molecule has 0 aromatic heterocycles. The van der Waals surface area contributed by atoms with E-state index in [0.717, 1.165) is 11.8 Å². The Morgan fingerprint density at radius 2 is 1.85 bits per heavy atom. The summed E-state index contributed by atoms with van der Waals surface area (Å²) in [6, 6.07) is 0. The van der Waals surface area contributed by atoms with Crippen molar-refractivity contribution < 1.29 is 0 Å². The zero-order valence-corrected chi connectivity index (χ0v) is 10.1. The van der Waals surface area contributed by atoms with Crippen LogP contribution < -0.4 is 0 Å². The summed E-state index contributed by atoms with van der Waals surface area (Å²) < 4.78 is 0. The van der Waals surface area contributed by atoms with Crippen LogP contribution in [0.25, 0.3) is 0 Å². The van der Waals surface area contributed by atoms with Crippen molar-refractivity contribution in [2.24, 2.45) is 11.8 Å². The Bertz CT molecular complexity index is 142. The highest BCUT2D eigenvalue weighted by Crippen LogP contribution is 2.24. The van der Waals surface area contributed by atoms with Gasteiger partial charge in [0, 0.05) is 0 Å². The molecule has 1 unspecified atom stereocenters. The Morgan fingerprint density at radius 3 is 2.23 bits per heavy atom. The van der Waals surface area contributed by atoms with Gasteiger partial charge in [0.2, 0.25) is 0 Å². The van der Waals surface area contributed by atoms with Crippen molar-refractivity contribution in [3.05, 3.63) is 11.6 Å². The van der Waals surface area contributed by atoms with E-state index in [1.54, 1.807) is 5.57 Å². The van der Waals surface area contributed by atoms with Gasteiger partial charge in [-0.05, 0) is 38.0 Å². The van der Waals surface area contributed by atoms with Crippen LogP contribution in [-0.2, 0) is 0 Å². The zero-order chi connectivity index (χ0) is 10.3. The van der Waals surface area contributed by atoms with Gasteiger partial charge < -0.3 is 0 Å². The quantitative estimate of drug-likeness (QED) is 0.517. The Labute approximate surface area is 84.4 Å². The lowest BCUT2D eigenvalue weighted by molar-refractivity contribution is 0.429. The molecule has 0 heteroatoms. The fourth-order valence-electron chi connectivity index (χ4n) is 1.94. The molecule has 0 radical (unpaired) electrons. The van der Waals surface area contributed by atoms with Gasteiger partial charge >= 0.3 is 0 Å². The first-order valence-corrected chi connectivity index (χ1v) is 5.78. The van der Waals surface area contributed by atoms with Crippen molar-refractivity contribution in [2.75, 3.05) is 0 Å². The maximum atomic E-state index is 2.39. The molecule has 0 aliphatic rings. The molecule has 0 heterocycles. The van der Waals surface area contributed by atoms with E-state index in [9.17, 15) is 0 Å². The first-order valence-electron chi connectivity index (χ1n) is 5.78. The maximum absolute atomic E-state index is 2.39. The van der Waals surface area contributed by atoms with Crippen molar-refractivity contribution >= 4 is 0 Å². The summed E-state index contributed by atoms with van der Waals surface area (Å²) in [6.45, 7) is 11.4. The second kappa shape index (κ2) is 7.17. The van der Waals surface area contributed by atoms with E-state index in [2.05, 4.69) is 40.7 Å². The Kier molecular flexibility index (Phi) is 7.03. The molecule has 0 aromatic rings. The van der Waals surface area contributed by atoms with E-state index in [1.807, 2.05) is 0 Å². The third-order valence-electron chi connectivity index (χ3n) is 2.56.